The number of fused-ring (bicyclic) bond motifs is 9. The monoisotopic (exact) mass is 667 g/mol. The highest BCUT2D eigenvalue weighted by molar-refractivity contribution is 6.14. The van der Waals surface area contributed by atoms with Gasteiger partial charge in [-0.1, -0.05) is 133 Å². The molecule has 0 saturated carbocycles. The lowest BCUT2D eigenvalue weighted by Gasteiger charge is -2.22. The number of allylic oxidation sites excluding steroid dienone is 2. The zero-order valence-electron chi connectivity index (χ0n) is 27.9. The van der Waals surface area contributed by atoms with Gasteiger partial charge in [-0.15, -0.1) is 0 Å². The lowest BCUT2D eigenvalue weighted by Crippen LogP contribution is -2.20. The lowest BCUT2D eigenvalue weighted by atomic mass is 9.83. The average molecular weight is 668 g/mol. The second-order valence-corrected chi connectivity index (χ2v) is 13.5. The fourth-order valence-corrected chi connectivity index (χ4v) is 8.13. The standard InChI is InChI=1S/C47H29N3O2/c1-2-12-28(13-3-1)45-48-46(50-47(49-45)38-26-29-14-4-5-15-31(29)33-16-6-7-17-34(33)38)37-20-11-23-41-44(37)36-25-24-30(27-42(36)52-41)32-19-10-22-40-43(32)35-18-8-9-21-39(35)51-40/h1-27,41,44H. The molecule has 0 amide bonds. The second-order valence-electron chi connectivity index (χ2n) is 13.5. The molecule has 0 bridgehead atoms. The van der Waals surface area contributed by atoms with Crippen molar-refractivity contribution in [3.63, 3.8) is 0 Å². The van der Waals surface area contributed by atoms with Crippen LogP contribution in [0.1, 0.15) is 17.3 Å². The summed E-state index contributed by atoms with van der Waals surface area (Å²) >= 11 is 0. The molecule has 1 aliphatic heterocycles. The molecular formula is C47H29N3O2. The predicted octanol–water partition coefficient (Wildman–Crippen LogP) is 11.6. The second kappa shape index (κ2) is 11.3. The molecule has 1 aliphatic carbocycles. The van der Waals surface area contributed by atoms with Crippen LogP contribution in [0.4, 0.5) is 0 Å². The maximum Gasteiger partial charge on any atom is 0.164 e. The number of rotatable bonds is 4. The number of nitrogens with zero attached hydrogens (tertiary/aromatic N) is 3. The summed E-state index contributed by atoms with van der Waals surface area (Å²) in [7, 11) is 0. The van der Waals surface area contributed by atoms with Crippen molar-refractivity contribution in [2.24, 2.45) is 0 Å². The molecule has 5 nitrogen and oxygen atoms in total. The van der Waals surface area contributed by atoms with E-state index in [1.165, 1.54) is 10.8 Å². The first-order valence-electron chi connectivity index (χ1n) is 17.6. The summed E-state index contributed by atoms with van der Waals surface area (Å²) in [5.74, 6) is 2.72. The van der Waals surface area contributed by atoms with E-state index in [1.807, 2.05) is 36.4 Å². The first-order chi connectivity index (χ1) is 25.8. The molecule has 2 atom stereocenters. The molecule has 0 saturated heterocycles. The van der Waals surface area contributed by atoms with Gasteiger partial charge in [-0.25, -0.2) is 15.0 Å². The van der Waals surface area contributed by atoms with Gasteiger partial charge in [0.25, 0.3) is 0 Å². The van der Waals surface area contributed by atoms with Crippen molar-refractivity contribution < 1.29 is 9.15 Å². The first-order valence-corrected chi connectivity index (χ1v) is 17.6. The van der Waals surface area contributed by atoms with Crippen LogP contribution in [0.3, 0.4) is 0 Å². The van der Waals surface area contributed by atoms with Crippen LogP contribution in [0.15, 0.2) is 168 Å². The Morgan fingerprint density at radius 1 is 0.500 bits per heavy atom. The van der Waals surface area contributed by atoms with Gasteiger partial charge >= 0.3 is 0 Å². The summed E-state index contributed by atoms with van der Waals surface area (Å²) in [5.41, 5.74) is 8.01. The normalized spacial score (nSPS) is 16.3. The highest BCUT2D eigenvalue weighted by Gasteiger charge is 2.39. The Morgan fingerprint density at radius 2 is 1.23 bits per heavy atom. The van der Waals surface area contributed by atoms with E-state index in [9.17, 15) is 0 Å². The molecule has 52 heavy (non-hydrogen) atoms. The third-order valence-corrected chi connectivity index (χ3v) is 10.5. The molecule has 5 heteroatoms. The van der Waals surface area contributed by atoms with Crippen LogP contribution < -0.4 is 4.74 Å². The minimum atomic E-state index is -0.183. The molecule has 7 aromatic carbocycles. The van der Waals surface area contributed by atoms with Crippen LogP contribution in [-0.4, -0.2) is 21.1 Å². The molecule has 0 fully saturated rings. The van der Waals surface area contributed by atoms with E-state index in [-0.39, 0.29) is 12.0 Å². The summed E-state index contributed by atoms with van der Waals surface area (Å²) in [5, 5.41) is 6.85. The van der Waals surface area contributed by atoms with Gasteiger partial charge < -0.3 is 9.15 Å². The zero-order chi connectivity index (χ0) is 34.2. The number of hydrogen-bond donors (Lipinski definition) is 0. The molecular weight excluding hydrogens is 639 g/mol. The van der Waals surface area contributed by atoms with E-state index in [0.29, 0.717) is 17.5 Å². The van der Waals surface area contributed by atoms with E-state index in [2.05, 4.69) is 127 Å². The van der Waals surface area contributed by atoms with Crippen molar-refractivity contribution in [1.29, 1.82) is 0 Å². The van der Waals surface area contributed by atoms with Gasteiger partial charge in [0.1, 0.15) is 23.0 Å². The summed E-state index contributed by atoms with van der Waals surface area (Å²) in [6.07, 6.45) is 6.16. The average Bonchev–Trinajstić information content (AvgIpc) is 3.79. The van der Waals surface area contributed by atoms with Crippen LogP contribution in [0, 0.1) is 0 Å². The minimum Gasteiger partial charge on any atom is -0.485 e. The maximum atomic E-state index is 6.72. The largest absolute Gasteiger partial charge is 0.485 e. The molecule has 2 aromatic heterocycles. The van der Waals surface area contributed by atoms with Gasteiger partial charge in [0.2, 0.25) is 0 Å². The van der Waals surface area contributed by atoms with Crippen LogP contribution in [-0.2, 0) is 0 Å². The smallest absolute Gasteiger partial charge is 0.164 e. The number of furan rings is 1. The quantitative estimate of drug-likeness (QED) is 0.175. The first kappa shape index (κ1) is 28.9. The van der Waals surface area contributed by atoms with Gasteiger partial charge in [0.15, 0.2) is 17.5 Å². The van der Waals surface area contributed by atoms with Gasteiger partial charge in [-0.3, -0.25) is 0 Å². The Hall–Kier alpha value is -6.85. The van der Waals surface area contributed by atoms with Gasteiger partial charge in [0.05, 0.1) is 5.92 Å². The summed E-state index contributed by atoms with van der Waals surface area (Å²) in [6, 6.07) is 50.4. The molecule has 9 aromatic rings. The van der Waals surface area contributed by atoms with Gasteiger partial charge in [0, 0.05) is 33.0 Å². The fraction of sp³-hybridized carbons (Fsp3) is 0.0426. The topological polar surface area (TPSA) is 61.0 Å². The third kappa shape index (κ3) is 4.46. The zero-order valence-corrected chi connectivity index (χ0v) is 27.9. The molecule has 244 valence electrons. The van der Waals surface area contributed by atoms with Crippen molar-refractivity contribution in [3.8, 4) is 39.7 Å². The summed E-state index contributed by atoms with van der Waals surface area (Å²) < 4.78 is 12.9. The number of aromatic nitrogens is 3. The van der Waals surface area contributed by atoms with Crippen LogP contribution in [0.2, 0.25) is 0 Å². The Balaban J connectivity index is 1.07. The minimum absolute atomic E-state index is 0.0770. The number of ether oxygens (including phenoxy) is 1. The van der Waals surface area contributed by atoms with Crippen molar-refractivity contribution in [2.75, 3.05) is 0 Å². The highest BCUT2D eigenvalue weighted by Crippen LogP contribution is 2.49. The van der Waals surface area contributed by atoms with Crippen molar-refractivity contribution in [1.82, 2.24) is 15.0 Å². The van der Waals surface area contributed by atoms with E-state index >= 15 is 0 Å². The van der Waals surface area contributed by atoms with E-state index in [0.717, 1.165) is 71.9 Å². The molecule has 0 spiro atoms. The van der Waals surface area contributed by atoms with Crippen molar-refractivity contribution in [2.45, 2.75) is 12.0 Å². The van der Waals surface area contributed by atoms with Crippen molar-refractivity contribution in [3.05, 3.63) is 175 Å². The van der Waals surface area contributed by atoms with Crippen molar-refractivity contribution >= 4 is 49.1 Å². The number of benzene rings is 7. The summed E-state index contributed by atoms with van der Waals surface area (Å²) in [6.45, 7) is 0. The Labute approximate surface area is 299 Å². The summed E-state index contributed by atoms with van der Waals surface area (Å²) in [4.78, 5) is 15.6. The molecule has 2 aliphatic rings. The molecule has 2 unspecified atom stereocenters. The molecule has 11 rings (SSSR count). The Morgan fingerprint density at radius 3 is 2.13 bits per heavy atom. The Kier molecular flexibility index (Phi) is 6.31. The third-order valence-electron chi connectivity index (χ3n) is 10.5. The van der Waals surface area contributed by atoms with Gasteiger partial charge in [-0.2, -0.15) is 0 Å². The Bertz CT molecular complexity index is 2960. The molecule has 3 heterocycles. The van der Waals surface area contributed by atoms with E-state index in [1.54, 1.807) is 0 Å². The van der Waals surface area contributed by atoms with Crippen LogP contribution in [0.5, 0.6) is 5.75 Å². The highest BCUT2D eigenvalue weighted by atomic mass is 16.5. The lowest BCUT2D eigenvalue weighted by molar-refractivity contribution is 0.271. The van der Waals surface area contributed by atoms with Crippen LogP contribution >= 0.6 is 0 Å². The fourth-order valence-electron chi connectivity index (χ4n) is 8.13. The maximum absolute atomic E-state index is 6.72. The number of hydrogen-bond acceptors (Lipinski definition) is 5. The van der Waals surface area contributed by atoms with E-state index < -0.39 is 0 Å². The van der Waals surface area contributed by atoms with Crippen LogP contribution in [0.25, 0.3) is 83.0 Å². The SMILES string of the molecule is C1=CC2Oc3cc(-c4cccc5oc6ccccc6c45)ccc3C2C(c2nc(-c3ccccc3)nc(-c3cc4ccccc4c4ccccc34)n2)=C1. The molecule has 0 radical (unpaired) electrons. The number of para-hydroxylation sites is 1. The molecule has 0 N–H and O–H groups in total. The predicted molar refractivity (Wildman–Crippen MR) is 209 cm³/mol. The van der Waals surface area contributed by atoms with E-state index in [4.69, 9.17) is 24.1 Å². The van der Waals surface area contributed by atoms with Gasteiger partial charge in [-0.05, 0) is 63.0 Å².